The number of H-pyrrole nitrogens is 1. The maximum atomic E-state index is 12.8. The van der Waals surface area contributed by atoms with Crippen molar-refractivity contribution in [3.63, 3.8) is 0 Å². The van der Waals surface area contributed by atoms with E-state index in [1.54, 1.807) is 0 Å². The standard InChI is InChI=1S/C23H34N4O2S/c1-16-8-9-18-13-19(22(28)25-21(18)17(16)2)14-27(15-20-7-5-12-29-20)23(30)24-10-6-11-26(3)4/h8-9,13,20H,5-7,10-12,14-15H2,1-4H3,(H,24,30)(H,25,28)/p+1/t20-/m1/s1. The number of benzene rings is 1. The second-order valence-corrected chi connectivity index (χ2v) is 9.04. The average Bonchev–Trinajstić information content (AvgIpc) is 3.21. The first-order valence-electron chi connectivity index (χ1n) is 10.9. The maximum absolute atomic E-state index is 12.8. The van der Waals surface area contributed by atoms with Gasteiger partial charge in [0.1, 0.15) is 0 Å². The SMILES string of the molecule is Cc1ccc2cc(CN(C[C@H]3CCCO3)C(=S)NCCC[NH+](C)C)c(=O)[nH]c2c1C. The third kappa shape index (κ3) is 5.80. The van der Waals surface area contributed by atoms with Crippen molar-refractivity contribution in [3.8, 4) is 0 Å². The largest absolute Gasteiger partial charge is 0.376 e. The number of aryl methyl sites for hydroxylation is 2. The van der Waals surface area contributed by atoms with E-state index in [1.807, 2.05) is 13.0 Å². The number of hydrogen-bond acceptors (Lipinski definition) is 3. The number of fused-ring (bicyclic) bond motifs is 1. The molecule has 164 valence electrons. The van der Waals surface area contributed by atoms with Gasteiger partial charge in [-0.2, -0.15) is 0 Å². The van der Waals surface area contributed by atoms with E-state index in [2.05, 4.69) is 48.4 Å². The van der Waals surface area contributed by atoms with Crippen LogP contribution in [0.1, 0.15) is 36.0 Å². The quantitative estimate of drug-likeness (QED) is 0.437. The summed E-state index contributed by atoms with van der Waals surface area (Å²) in [5.74, 6) is 0. The van der Waals surface area contributed by atoms with Crippen molar-refractivity contribution in [2.24, 2.45) is 0 Å². The number of aromatic amines is 1. The lowest BCUT2D eigenvalue weighted by Gasteiger charge is -2.28. The Morgan fingerprint density at radius 3 is 2.87 bits per heavy atom. The zero-order valence-electron chi connectivity index (χ0n) is 18.6. The zero-order chi connectivity index (χ0) is 21.7. The monoisotopic (exact) mass is 431 g/mol. The molecule has 0 amide bonds. The molecule has 0 saturated carbocycles. The Morgan fingerprint density at radius 1 is 1.37 bits per heavy atom. The van der Waals surface area contributed by atoms with Gasteiger partial charge in [-0.15, -0.1) is 0 Å². The first-order chi connectivity index (χ1) is 14.3. The molecule has 1 fully saturated rings. The average molecular weight is 432 g/mol. The molecule has 3 N–H and O–H groups in total. The van der Waals surface area contributed by atoms with Gasteiger partial charge in [0.15, 0.2) is 5.11 Å². The summed E-state index contributed by atoms with van der Waals surface area (Å²) >= 11 is 5.71. The lowest BCUT2D eigenvalue weighted by Crippen LogP contribution is -3.05. The molecule has 30 heavy (non-hydrogen) atoms. The fraction of sp³-hybridized carbons (Fsp3) is 0.565. The van der Waals surface area contributed by atoms with Crippen LogP contribution in [0.5, 0.6) is 0 Å². The summed E-state index contributed by atoms with van der Waals surface area (Å²) in [5.41, 5.74) is 3.89. The maximum Gasteiger partial charge on any atom is 0.253 e. The Morgan fingerprint density at radius 2 is 2.17 bits per heavy atom. The van der Waals surface area contributed by atoms with Gasteiger partial charge in [-0.1, -0.05) is 12.1 Å². The third-order valence-electron chi connectivity index (χ3n) is 5.85. The van der Waals surface area contributed by atoms with Crippen molar-refractivity contribution < 1.29 is 9.64 Å². The molecule has 7 heteroatoms. The van der Waals surface area contributed by atoms with Crippen molar-refractivity contribution >= 4 is 28.2 Å². The van der Waals surface area contributed by atoms with Crippen molar-refractivity contribution in [1.29, 1.82) is 0 Å². The van der Waals surface area contributed by atoms with Crippen LogP contribution in [0, 0.1) is 13.8 Å². The van der Waals surface area contributed by atoms with Gasteiger partial charge in [-0.3, -0.25) is 4.79 Å². The second kappa shape index (κ2) is 10.4. The fourth-order valence-corrected chi connectivity index (χ4v) is 4.14. The normalized spacial score (nSPS) is 16.4. The summed E-state index contributed by atoms with van der Waals surface area (Å²) in [6.07, 6.45) is 3.33. The van der Waals surface area contributed by atoms with Crippen molar-refractivity contribution in [1.82, 2.24) is 15.2 Å². The Balaban J connectivity index is 1.77. The molecule has 1 aliphatic heterocycles. The molecule has 2 aromatic rings. The fourth-order valence-electron chi connectivity index (χ4n) is 3.90. The third-order valence-corrected chi connectivity index (χ3v) is 6.26. The summed E-state index contributed by atoms with van der Waals surface area (Å²) in [6.45, 7) is 8.01. The number of ether oxygens (including phenoxy) is 1. The van der Waals surface area contributed by atoms with Gasteiger partial charge in [-0.25, -0.2) is 0 Å². The van der Waals surface area contributed by atoms with Gasteiger partial charge in [0.05, 0.1) is 38.8 Å². The van der Waals surface area contributed by atoms with E-state index in [-0.39, 0.29) is 11.7 Å². The van der Waals surface area contributed by atoms with E-state index < -0.39 is 0 Å². The molecule has 0 bridgehead atoms. The Bertz CT molecular complexity index is 935. The Kier molecular flexibility index (Phi) is 7.86. The van der Waals surface area contributed by atoms with E-state index in [0.29, 0.717) is 18.2 Å². The van der Waals surface area contributed by atoms with E-state index in [9.17, 15) is 4.79 Å². The highest BCUT2D eigenvalue weighted by Gasteiger charge is 2.22. The number of hydrogen-bond donors (Lipinski definition) is 3. The molecule has 0 spiro atoms. The van der Waals surface area contributed by atoms with Crippen LogP contribution in [0.25, 0.3) is 10.9 Å². The van der Waals surface area contributed by atoms with Crippen LogP contribution < -0.4 is 15.8 Å². The molecular formula is C23H35N4O2S+. The van der Waals surface area contributed by atoms with E-state index in [1.165, 1.54) is 10.5 Å². The van der Waals surface area contributed by atoms with Crippen LogP contribution in [0.2, 0.25) is 0 Å². The summed E-state index contributed by atoms with van der Waals surface area (Å²) in [6, 6.07) is 6.17. The minimum absolute atomic E-state index is 0.0486. The van der Waals surface area contributed by atoms with Gasteiger partial charge in [0.25, 0.3) is 5.56 Å². The molecule has 0 unspecified atom stereocenters. The highest BCUT2D eigenvalue weighted by atomic mass is 32.1. The minimum atomic E-state index is -0.0486. The highest BCUT2D eigenvalue weighted by molar-refractivity contribution is 7.80. The number of nitrogens with one attached hydrogen (secondary N) is 3. The van der Waals surface area contributed by atoms with Crippen molar-refractivity contribution in [2.75, 3.05) is 40.3 Å². The number of quaternary nitrogens is 1. The van der Waals surface area contributed by atoms with Gasteiger partial charge >= 0.3 is 0 Å². The van der Waals surface area contributed by atoms with Crippen molar-refractivity contribution in [2.45, 2.75) is 45.8 Å². The molecular weight excluding hydrogens is 396 g/mol. The minimum Gasteiger partial charge on any atom is -0.376 e. The van der Waals surface area contributed by atoms with Crippen LogP contribution in [0.3, 0.4) is 0 Å². The van der Waals surface area contributed by atoms with Gasteiger partial charge < -0.3 is 24.8 Å². The number of pyridine rings is 1. The van der Waals surface area contributed by atoms with Crippen LogP contribution >= 0.6 is 12.2 Å². The molecule has 1 aliphatic rings. The van der Waals surface area contributed by atoms with Crippen LogP contribution in [0.4, 0.5) is 0 Å². The van der Waals surface area contributed by atoms with E-state index in [4.69, 9.17) is 17.0 Å². The number of aromatic nitrogens is 1. The molecule has 0 aliphatic carbocycles. The Hall–Kier alpha value is -1.96. The lowest BCUT2D eigenvalue weighted by molar-refractivity contribution is -0.858. The second-order valence-electron chi connectivity index (χ2n) is 8.65. The number of thiocarbonyl (C=S) groups is 1. The summed E-state index contributed by atoms with van der Waals surface area (Å²) in [4.78, 5) is 19.4. The summed E-state index contributed by atoms with van der Waals surface area (Å²) < 4.78 is 5.84. The van der Waals surface area contributed by atoms with E-state index >= 15 is 0 Å². The molecule has 2 heterocycles. The highest BCUT2D eigenvalue weighted by Crippen LogP contribution is 2.20. The number of nitrogens with zero attached hydrogens (tertiary/aromatic N) is 1. The lowest BCUT2D eigenvalue weighted by atomic mass is 10.0. The predicted molar refractivity (Wildman–Crippen MR) is 126 cm³/mol. The van der Waals surface area contributed by atoms with Crippen LogP contribution in [-0.2, 0) is 11.3 Å². The van der Waals surface area contributed by atoms with Crippen molar-refractivity contribution in [3.05, 3.63) is 45.2 Å². The predicted octanol–water partition coefficient (Wildman–Crippen LogP) is 1.54. The van der Waals surface area contributed by atoms with Crippen LogP contribution in [-0.4, -0.2) is 61.4 Å². The van der Waals surface area contributed by atoms with Gasteiger partial charge in [-0.05, 0) is 61.5 Å². The first-order valence-corrected chi connectivity index (χ1v) is 11.3. The zero-order valence-corrected chi connectivity index (χ0v) is 19.5. The van der Waals surface area contributed by atoms with Gasteiger partial charge in [0.2, 0.25) is 0 Å². The molecule has 1 aromatic heterocycles. The molecule has 1 atom stereocenters. The smallest absolute Gasteiger partial charge is 0.253 e. The Labute approximate surface area is 184 Å². The number of rotatable bonds is 8. The molecule has 1 aromatic carbocycles. The molecule has 3 rings (SSSR count). The topological polar surface area (TPSA) is 61.8 Å². The summed E-state index contributed by atoms with van der Waals surface area (Å²) in [7, 11) is 4.30. The summed E-state index contributed by atoms with van der Waals surface area (Å²) in [5, 5.41) is 5.13. The first kappa shape index (κ1) is 22.7. The molecule has 0 radical (unpaired) electrons. The molecule has 1 saturated heterocycles. The van der Waals surface area contributed by atoms with E-state index in [0.717, 1.165) is 61.0 Å². The van der Waals surface area contributed by atoms with Gasteiger partial charge in [0, 0.05) is 31.7 Å². The molecule has 6 nitrogen and oxygen atoms in total. The van der Waals surface area contributed by atoms with Crippen LogP contribution in [0.15, 0.2) is 23.0 Å².